The van der Waals surface area contributed by atoms with Crippen molar-refractivity contribution in [2.45, 2.75) is 32.8 Å². The number of unbranched alkanes of at least 4 members (excludes halogenated alkanes) is 1. The molecule has 0 bridgehead atoms. The Morgan fingerprint density at radius 2 is 2.10 bits per heavy atom. The summed E-state index contributed by atoms with van der Waals surface area (Å²) in [6.45, 7) is 6.35. The van der Waals surface area contributed by atoms with Gasteiger partial charge in [-0.15, -0.1) is 0 Å². The minimum atomic E-state index is -0.591. The summed E-state index contributed by atoms with van der Waals surface area (Å²) in [5.74, 6) is 0.842. The van der Waals surface area contributed by atoms with Crippen LogP contribution in [0, 0.1) is 0 Å². The van der Waals surface area contributed by atoms with Crippen molar-refractivity contribution in [2.24, 2.45) is 4.99 Å². The fourth-order valence-electron chi connectivity index (χ4n) is 1.83. The number of hydrogen-bond donors (Lipinski definition) is 2. The highest BCUT2D eigenvalue weighted by atomic mass is 16.3. The quantitative estimate of drug-likeness (QED) is 0.590. The molecule has 0 fully saturated rings. The standard InChI is InChI=1S/C15H26N4O/c1-4-6-11-19(3)15(17-5-2)18-12-14(20)13-7-9-16-10-8-13/h7-10,14,20H,4-6,11-12H2,1-3H3,(H,17,18). The molecule has 112 valence electrons. The topological polar surface area (TPSA) is 60.8 Å². The molecule has 0 aliphatic heterocycles. The largest absolute Gasteiger partial charge is 0.386 e. The van der Waals surface area contributed by atoms with E-state index in [9.17, 15) is 5.11 Å². The van der Waals surface area contributed by atoms with Gasteiger partial charge in [0.15, 0.2) is 5.96 Å². The fraction of sp³-hybridized carbons (Fsp3) is 0.600. The van der Waals surface area contributed by atoms with Crippen molar-refractivity contribution in [1.29, 1.82) is 0 Å². The zero-order chi connectivity index (χ0) is 14.8. The van der Waals surface area contributed by atoms with E-state index in [0.29, 0.717) is 6.54 Å². The van der Waals surface area contributed by atoms with Gasteiger partial charge in [-0.3, -0.25) is 9.98 Å². The van der Waals surface area contributed by atoms with Gasteiger partial charge in [0, 0.05) is 32.5 Å². The highest BCUT2D eigenvalue weighted by molar-refractivity contribution is 5.79. The summed E-state index contributed by atoms with van der Waals surface area (Å²) in [7, 11) is 2.02. The van der Waals surface area contributed by atoms with E-state index in [1.165, 1.54) is 0 Å². The molecule has 0 aromatic carbocycles. The number of rotatable bonds is 7. The first kappa shape index (κ1) is 16.4. The average Bonchev–Trinajstić information content (AvgIpc) is 2.49. The average molecular weight is 278 g/mol. The molecule has 0 spiro atoms. The van der Waals surface area contributed by atoms with Gasteiger partial charge in [-0.05, 0) is 31.0 Å². The summed E-state index contributed by atoms with van der Waals surface area (Å²) in [5, 5.41) is 13.4. The lowest BCUT2D eigenvalue weighted by atomic mass is 10.1. The van der Waals surface area contributed by atoms with Crippen LogP contribution < -0.4 is 5.32 Å². The number of pyridine rings is 1. The Morgan fingerprint density at radius 3 is 2.70 bits per heavy atom. The summed E-state index contributed by atoms with van der Waals surface area (Å²) in [6, 6.07) is 3.63. The Kier molecular flexibility index (Phi) is 7.65. The first-order valence-corrected chi connectivity index (χ1v) is 7.26. The van der Waals surface area contributed by atoms with Crippen molar-refractivity contribution < 1.29 is 5.11 Å². The third-order valence-electron chi connectivity index (χ3n) is 3.05. The van der Waals surface area contributed by atoms with Gasteiger partial charge >= 0.3 is 0 Å². The molecular weight excluding hydrogens is 252 g/mol. The van der Waals surface area contributed by atoms with Crippen LogP contribution in [-0.2, 0) is 0 Å². The molecule has 5 nitrogen and oxygen atoms in total. The number of aliphatic hydroxyl groups is 1. The molecule has 0 saturated heterocycles. The second kappa shape index (κ2) is 9.31. The van der Waals surface area contributed by atoms with Crippen LogP contribution in [0.4, 0.5) is 0 Å². The van der Waals surface area contributed by atoms with Crippen molar-refractivity contribution >= 4 is 5.96 Å². The molecule has 1 atom stereocenters. The lowest BCUT2D eigenvalue weighted by Gasteiger charge is -2.22. The summed E-state index contributed by atoms with van der Waals surface area (Å²) in [5.41, 5.74) is 0.843. The fourth-order valence-corrected chi connectivity index (χ4v) is 1.83. The van der Waals surface area contributed by atoms with Crippen molar-refractivity contribution in [1.82, 2.24) is 15.2 Å². The van der Waals surface area contributed by atoms with E-state index in [1.807, 2.05) is 26.1 Å². The second-order valence-corrected chi connectivity index (χ2v) is 4.77. The number of aliphatic hydroxyl groups excluding tert-OH is 1. The van der Waals surface area contributed by atoms with E-state index in [4.69, 9.17) is 0 Å². The molecular formula is C15H26N4O. The SMILES string of the molecule is CCCCN(C)C(=NCC(O)c1ccncc1)NCC. The first-order valence-electron chi connectivity index (χ1n) is 7.26. The summed E-state index contributed by atoms with van der Waals surface area (Å²) < 4.78 is 0. The molecule has 0 saturated carbocycles. The summed E-state index contributed by atoms with van der Waals surface area (Å²) in [6.07, 6.45) is 5.06. The highest BCUT2D eigenvalue weighted by Crippen LogP contribution is 2.11. The monoisotopic (exact) mass is 278 g/mol. The van der Waals surface area contributed by atoms with Crippen LogP contribution in [0.25, 0.3) is 0 Å². The normalized spacial score (nSPS) is 13.1. The molecule has 1 rings (SSSR count). The van der Waals surface area contributed by atoms with Gasteiger partial charge in [0.2, 0.25) is 0 Å². The smallest absolute Gasteiger partial charge is 0.193 e. The zero-order valence-corrected chi connectivity index (χ0v) is 12.7. The molecule has 2 N–H and O–H groups in total. The van der Waals surface area contributed by atoms with Crippen LogP contribution in [0.1, 0.15) is 38.4 Å². The number of nitrogens with zero attached hydrogens (tertiary/aromatic N) is 3. The number of nitrogens with one attached hydrogen (secondary N) is 1. The maximum absolute atomic E-state index is 10.1. The van der Waals surface area contributed by atoms with Crippen LogP contribution >= 0.6 is 0 Å². The van der Waals surface area contributed by atoms with Gasteiger partial charge < -0.3 is 15.3 Å². The molecule has 0 aliphatic carbocycles. The number of hydrogen-bond acceptors (Lipinski definition) is 3. The van der Waals surface area contributed by atoms with Crippen molar-refractivity contribution in [2.75, 3.05) is 26.7 Å². The van der Waals surface area contributed by atoms with Crippen LogP contribution in [0.15, 0.2) is 29.5 Å². The second-order valence-electron chi connectivity index (χ2n) is 4.77. The number of aromatic nitrogens is 1. The third kappa shape index (κ3) is 5.57. The number of guanidine groups is 1. The first-order chi connectivity index (χ1) is 9.69. The van der Waals surface area contributed by atoms with E-state index in [2.05, 4.69) is 27.1 Å². The summed E-state index contributed by atoms with van der Waals surface area (Å²) >= 11 is 0. The van der Waals surface area contributed by atoms with Crippen LogP contribution in [0.5, 0.6) is 0 Å². The van der Waals surface area contributed by atoms with Gasteiger partial charge in [0.25, 0.3) is 0 Å². The van der Waals surface area contributed by atoms with Crippen LogP contribution in [0.3, 0.4) is 0 Å². The molecule has 1 heterocycles. The van der Waals surface area contributed by atoms with Crippen molar-refractivity contribution in [3.05, 3.63) is 30.1 Å². The molecule has 1 aromatic heterocycles. The van der Waals surface area contributed by atoms with E-state index >= 15 is 0 Å². The van der Waals surface area contributed by atoms with E-state index in [-0.39, 0.29) is 0 Å². The molecule has 1 aromatic rings. The molecule has 1 unspecified atom stereocenters. The van der Waals surface area contributed by atoms with Crippen LogP contribution in [-0.4, -0.2) is 47.6 Å². The van der Waals surface area contributed by atoms with E-state index in [1.54, 1.807) is 12.4 Å². The molecule has 0 radical (unpaired) electrons. The van der Waals surface area contributed by atoms with E-state index in [0.717, 1.165) is 37.5 Å². The van der Waals surface area contributed by atoms with Gasteiger partial charge in [-0.1, -0.05) is 13.3 Å². The minimum absolute atomic E-state index is 0.350. The van der Waals surface area contributed by atoms with Crippen LogP contribution in [0.2, 0.25) is 0 Å². The number of aliphatic imine (C=N–C) groups is 1. The summed E-state index contributed by atoms with van der Waals surface area (Å²) in [4.78, 5) is 10.6. The van der Waals surface area contributed by atoms with E-state index < -0.39 is 6.10 Å². The highest BCUT2D eigenvalue weighted by Gasteiger charge is 2.09. The van der Waals surface area contributed by atoms with Gasteiger partial charge in [-0.2, -0.15) is 0 Å². The Balaban J connectivity index is 2.62. The maximum Gasteiger partial charge on any atom is 0.193 e. The van der Waals surface area contributed by atoms with Crippen molar-refractivity contribution in [3.63, 3.8) is 0 Å². The lowest BCUT2D eigenvalue weighted by molar-refractivity contribution is 0.186. The molecule has 20 heavy (non-hydrogen) atoms. The van der Waals surface area contributed by atoms with Gasteiger partial charge in [-0.25, -0.2) is 0 Å². The van der Waals surface area contributed by atoms with Crippen molar-refractivity contribution in [3.8, 4) is 0 Å². The van der Waals surface area contributed by atoms with Gasteiger partial charge in [0.1, 0.15) is 0 Å². The molecule has 0 aliphatic rings. The Labute approximate surface area is 121 Å². The Morgan fingerprint density at radius 1 is 1.40 bits per heavy atom. The Hall–Kier alpha value is -1.62. The molecule has 0 amide bonds. The maximum atomic E-state index is 10.1. The minimum Gasteiger partial charge on any atom is -0.386 e. The Bertz CT molecular complexity index is 394. The third-order valence-corrected chi connectivity index (χ3v) is 3.05. The molecule has 5 heteroatoms. The predicted octanol–water partition coefficient (Wildman–Crippen LogP) is 1.81. The predicted molar refractivity (Wildman–Crippen MR) is 82.7 cm³/mol. The zero-order valence-electron chi connectivity index (χ0n) is 12.7. The lowest BCUT2D eigenvalue weighted by Crippen LogP contribution is -2.39. The van der Waals surface area contributed by atoms with Gasteiger partial charge in [0.05, 0.1) is 12.6 Å².